The summed E-state index contributed by atoms with van der Waals surface area (Å²) in [5.41, 5.74) is 12.1. The molecule has 0 saturated heterocycles. The molecule has 0 aromatic heterocycles. The number of primary amides is 1. The number of aliphatic carboxylic acids is 1. The van der Waals surface area contributed by atoms with Crippen molar-refractivity contribution in [3.63, 3.8) is 0 Å². The van der Waals surface area contributed by atoms with E-state index in [0.717, 1.165) is 4.90 Å². The first kappa shape index (κ1) is 26.5. The van der Waals surface area contributed by atoms with Crippen molar-refractivity contribution < 1.29 is 29.0 Å². The van der Waals surface area contributed by atoms with Gasteiger partial charge in [0.25, 0.3) is 5.91 Å². The van der Waals surface area contributed by atoms with E-state index in [0.29, 0.717) is 11.1 Å². The van der Waals surface area contributed by atoms with E-state index in [1.54, 1.807) is 24.3 Å². The van der Waals surface area contributed by atoms with E-state index >= 15 is 0 Å². The second-order valence-corrected chi connectivity index (χ2v) is 7.55. The molecule has 0 aliphatic heterocycles. The van der Waals surface area contributed by atoms with Gasteiger partial charge in [0.15, 0.2) is 0 Å². The van der Waals surface area contributed by atoms with Gasteiger partial charge in [-0.1, -0.05) is 18.2 Å². The lowest BCUT2D eigenvalue weighted by Gasteiger charge is -2.27. The quantitative estimate of drug-likeness (QED) is 0.0952. The van der Waals surface area contributed by atoms with Crippen LogP contribution >= 0.6 is 0 Å². The smallest absolute Gasteiger partial charge is 0.343 e. The first-order chi connectivity index (χ1) is 16.5. The van der Waals surface area contributed by atoms with Crippen molar-refractivity contribution in [1.29, 1.82) is 5.41 Å². The Balaban J connectivity index is 2.16. The van der Waals surface area contributed by atoms with Crippen LogP contribution in [0.25, 0.3) is 6.08 Å². The monoisotopic (exact) mass is 478 g/mol. The molecule has 0 unspecified atom stereocenters. The zero-order valence-electron chi connectivity index (χ0n) is 19.1. The van der Waals surface area contributed by atoms with Crippen LogP contribution in [0.4, 0.5) is 0 Å². The van der Waals surface area contributed by atoms with Gasteiger partial charge in [0.2, 0.25) is 5.91 Å². The fourth-order valence-corrected chi connectivity index (χ4v) is 3.13. The second-order valence-electron chi connectivity index (χ2n) is 7.55. The highest BCUT2D eigenvalue weighted by Gasteiger charge is 2.31. The summed E-state index contributed by atoms with van der Waals surface area (Å²) in [7, 11) is 0. The summed E-state index contributed by atoms with van der Waals surface area (Å²) in [5, 5.41) is 16.8. The first-order valence-electron chi connectivity index (χ1n) is 10.4. The fraction of sp³-hybridized carbons (Fsp3) is 0.160. The highest BCUT2D eigenvalue weighted by Crippen LogP contribution is 2.17. The minimum Gasteiger partial charge on any atom is -0.480 e. The number of nitrogens with two attached hydrogens (primary N) is 2. The van der Waals surface area contributed by atoms with Crippen molar-refractivity contribution in [2.24, 2.45) is 11.5 Å². The van der Waals surface area contributed by atoms with Crippen molar-refractivity contribution in [2.45, 2.75) is 19.4 Å². The molecule has 0 fully saturated rings. The van der Waals surface area contributed by atoms with Gasteiger partial charge < -0.3 is 26.2 Å². The molecule has 2 rings (SSSR count). The van der Waals surface area contributed by atoms with Gasteiger partial charge in [-0.05, 0) is 55.0 Å². The molecular formula is C25H26N4O6. The Bertz CT molecular complexity index is 1170. The van der Waals surface area contributed by atoms with Gasteiger partial charge in [0, 0.05) is 17.7 Å². The number of carboxylic acid groups (broad SMARTS) is 1. The van der Waals surface area contributed by atoms with E-state index in [2.05, 4.69) is 6.58 Å². The Morgan fingerprint density at radius 1 is 1.06 bits per heavy atom. The molecule has 0 aliphatic rings. The number of carbonyl (C=O) groups excluding carboxylic acids is 3. The second kappa shape index (κ2) is 11.9. The summed E-state index contributed by atoms with van der Waals surface area (Å²) in [4.78, 5) is 49.2. The molecule has 0 aliphatic carbocycles. The molecule has 10 nitrogen and oxygen atoms in total. The van der Waals surface area contributed by atoms with E-state index in [4.69, 9.17) is 21.6 Å². The lowest BCUT2D eigenvalue weighted by Crippen LogP contribution is -2.47. The molecular weight excluding hydrogens is 452 g/mol. The van der Waals surface area contributed by atoms with Gasteiger partial charge in [-0.25, -0.2) is 9.59 Å². The lowest BCUT2D eigenvalue weighted by atomic mass is 10.1. The van der Waals surface area contributed by atoms with Crippen LogP contribution < -0.4 is 16.2 Å². The molecule has 2 aromatic carbocycles. The number of amidine groups is 1. The van der Waals surface area contributed by atoms with Crippen LogP contribution in [0.5, 0.6) is 5.75 Å². The van der Waals surface area contributed by atoms with Crippen molar-refractivity contribution in [3.8, 4) is 5.75 Å². The van der Waals surface area contributed by atoms with Crippen LogP contribution in [0.2, 0.25) is 0 Å². The van der Waals surface area contributed by atoms with E-state index < -0.39 is 36.2 Å². The summed E-state index contributed by atoms with van der Waals surface area (Å²) in [6.45, 7) is 4.95. The van der Waals surface area contributed by atoms with Gasteiger partial charge in [-0.2, -0.15) is 0 Å². The highest BCUT2D eigenvalue weighted by atomic mass is 16.5. The topological polar surface area (TPSA) is 177 Å². The molecule has 2 amide bonds. The number of benzene rings is 2. The van der Waals surface area contributed by atoms with Crippen molar-refractivity contribution in [2.75, 3.05) is 6.54 Å². The maximum Gasteiger partial charge on any atom is 0.343 e. The number of nitrogens with one attached hydrogen (secondary N) is 1. The average molecular weight is 479 g/mol. The Morgan fingerprint density at radius 3 is 2.11 bits per heavy atom. The van der Waals surface area contributed by atoms with Crippen LogP contribution in [0.3, 0.4) is 0 Å². The van der Waals surface area contributed by atoms with Crippen molar-refractivity contribution in [1.82, 2.24) is 4.90 Å². The van der Waals surface area contributed by atoms with Gasteiger partial charge in [-0.3, -0.25) is 15.0 Å². The number of esters is 1. The molecule has 0 bridgehead atoms. The van der Waals surface area contributed by atoms with E-state index in [9.17, 15) is 24.3 Å². The number of carbonyl (C=O) groups is 4. The summed E-state index contributed by atoms with van der Waals surface area (Å²) in [5.74, 6) is -3.22. The number of ether oxygens (including phenoxy) is 1. The Morgan fingerprint density at radius 2 is 1.63 bits per heavy atom. The van der Waals surface area contributed by atoms with Crippen LogP contribution in [0, 0.1) is 5.41 Å². The third-order valence-corrected chi connectivity index (χ3v) is 4.89. The van der Waals surface area contributed by atoms with Crippen molar-refractivity contribution >= 4 is 35.7 Å². The predicted molar refractivity (Wildman–Crippen MR) is 130 cm³/mol. The molecule has 0 spiro atoms. The van der Waals surface area contributed by atoms with Gasteiger partial charge in [0.1, 0.15) is 17.6 Å². The predicted octanol–water partition coefficient (Wildman–Crippen LogP) is 1.94. The standard InChI is InChI=1S/C25H26N4O6/c1-3-12-29(20(24(32)33)14-21(26)30)23(31)15(2)13-16-4-6-18(7-5-16)25(34)35-19-10-8-17(9-11-19)22(27)28/h3-11,13,20H,1,12,14H2,2H3,(H2,26,30)(H3,27,28)(H,32,33)/b15-13+/t20-/m0/s1. The van der Waals surface area contributed by atoms with E-state index in [-0.39, 0.29) is 29.3 Å². The largest absolute Gasteiger partial charge is 0.480 e. The zero-order chi connectivity index (χ0) is 26.1. The number of carboxylic acids is 1. The summed E-state index contributed by atoms with van der Waals surface area (Å²) in [6.07, 6.45) is 2.35. The van der Waals surface area contributed by atoms with E-state index in [1.807, 2.05) is 0 Å². The van der Waals surface area contributed by atoms with Gasteiger partial charge in [-0.15, -0.1) is 6.58 Å². The van der Waals surface area contributed by atoms with E-state index in [1.165, 1.54) is 43.3 Å². The fourth-order valence-electron chi connectivity index (χ4n) is 3.13. The molecule has 1 atom stereocenters. The number of amides is 2. The number of rotatable bonds is 11. The highest BCUT2D eigenvalue weighted by molar-refractivity contribution is 6.00. The Kier molecular flexibility index (Phi) is 9.04. The Labute approximate surface area is 202 Å². The maximum absolute atomic E-state index is 12.9. The molecule has 0 radical (unpaired) electrons. The van der Waals surface area contributed by atoms with Crippen LogP contribution in [-0.2, 0) is 14.4 Å². The zero-order valence-corrected chi connectivity index (χ0v) is 19.1. The summed E-state index contributed by atoms with van der Waals surface area (Å²) >= 11 is 0. The SMILES string of the molecule is C=CCN(C(=O)/C(C)=C/c1ccc(C(=O)Oc2ccc(C(=N)N)cc2)cc1)[C@@H](CC(N)=O)C(=O)O. The summed E-state index contributed by atoms with van der Waals surface area (Å²) in [6, 6.07) is 11.0. The van der Waals surface area contributed by atoms with Crippen LogP contribution in [-0.4, -0.2) is 52.2 Å². The number of nitrogens with zero attached hydrogens (tertiary/aromatic N) is 1. The summed E-state index contributed by atoms with van der Waals surface area (Å²) < 4.78 is 5.30. The van der Waals surface area contributed by atoms with Gasteiger partial charge in [0.05, 0.1) is 12.0 Å². The maximum atomic E-state index is 12.9. The first-order valence-corrected chi connectivity index (χ1v) is 10.4. The molecule has 2 aromatic rings. The molecule has 35 heavy (non-hydrogen) atoms. The average Bonchev–Trinajstić information content (AvgIpc) is 2.81. The van der Waals surface area contributed by atoms with Crippen molar-refractivity contribution in [3.05, 3.63) is 83.4 Å². The van der Waals surface area contributed by atoms with Gasteiger partial charge >= 0.3 is 11.9 Å². The number of nitrogen functional groups attached to an aromatic ring is 1. The van der Waals surface area contributed by atoms with Crippen LogP contribution in [0.1, 0.15) is 34.8 Å². The molecule has 182 valence electrons. The lowest BCUT2D eigenvalue weighted by molar-refractivity contribution is -0.149. The Hall–Kier alpha value is -4.73. The molecule has 10 heteroatoms. The molecule has 0 heterocycles. The molecule has 0 saturated carbocycles. The van der Waals surface area contributed by atoms with Crippen LogP contribution in [0.15, 0.2) is 66.8 Å². The number of hydrogen-bond acceptors (Lipinski definition) is 6. The minimum absolute atomic E-state index is 0.0908. The minimum atomic E-state index is -1.43. The number of hydrogen-bond donors (Lipinski definition) is 4. The third-order valence-electron chi connectivity index (χ3n) is 4.89. The normalized spacial score (nSPS) is 11.7. The molecule has 6 N–H and O–H groups in total. The third kappa shape index (κ3) is 7.39.